The van der Waals surface area contributed by atoms with E-state index in [1.165, 1.54) is 21.8 Å². The van der Waals surface area contributed by atoms with Gasteiger partial charge in [0, 0.05) is 25.9 Å². The SMILES string of the molecule is Cn1cc(-c2cc(C(F)(F)F)c3cnn(C)c3n2)cn1. The van der Waals surface area contributed by atoms with Gasteiger partial charge in [-0.1, -0.05) is 0 Å². The average molecular weight is 281 g/mol. The van der Waals surface area contributed by atoms with E-state index in [0.717, 1.165) is 6.07 Å². The van der Waals surface area contributed by atoms with Crippen molar-refractivity contribution in [2.75, 3.05) is 0 Å². The fraction of sp³-hybridized carbons (Fsp3) is 0.250. The van der Waals surface area contributed by atoms with Crippen molar-refractivity contribution in [3.63, 3.8) is 0 Å². The van der Waals surface area contributed by atoms with Crippen molar-refractivity contribution in [3.05, 3.63) is 30.2 Å². The first-order valence-corrected chi connectivity index (χ1v) is 5.75. The van der Waals surface area contributed by atoms with Crippen LogP contribution in [0.4, 0.5) is 13.2 Å². The maximum absolute atomic E-state index is 13.1. The molecule has 0 radical (unpaired) electrons. The number of fused-ring (bicyclic) bond motifs is 1. The van der Waals surface area contributed by atoms with Crippen molar-refractivity contribution >= 4 is 11.0 Å². The summed E-state index contributed by atoms with van der Waals surface area (Å²) in [6.45, 7) is 0. The molecule has 0 amide bonds. The van der Waals surface area contributed by atoms with Crippen LogP contribution in [0.1, 0.15) is 5.56 Å². The Kier molecular flexibility index (Phi) is 2.56. The molecular formula is C12H10F3N5. The number of rotatable bonds is 1. The van der Waals surface area contributed by atoms with Crippen molar-refractivity contribution in [2.45, 2.75) is 6.18 Å². The van der Waals surface area contributed by atoms with Gasteiger partial charge in [-0.15, -0.1) is 0 Å². The molecule has 3 heterocycles. The minimum atomic E-state index is -4.46. The van der Waals surface area contributed by atoms with Crippen LogP contribution in [0.3, 0.4) is 0 Å². The van der Waals surface area contributed by atoms with E-state index in [1.807, 2.05) is 0 Å². The minimum Gasteiger partial charge on any atom is -0.275 e. The highest BCUT2D eigenvalue weighted by Gasteiger charge is 2.34. The van der Waals surface area contributed by atoms with Crippen molar-refractivity contribution in [2.24, 2.45) is 14.1 Å². The van der Waals surface area contributed by atoms with Crippen molar-refractivity contribution in [1.82, 2.24) is 24.5 Å². The Morgan fingerprint density at radius 1 is 1.10 bits per heavy atom. The fourth-order valence-corrected chi connectivity index (χ4v) is 2.05. The number of halogens is 3. The maximum Gasteiger partial charge on any atom is 0.417 e. The quantitative estimate of drug-likeness (QED) is 0.688. The second-order valence-electron chi connectivity index (χ2n) is 4.46. The van der Waals surface area contributed by atoms with Crippen LogP contribution < -0.4 is 0 Å². The highest BCUT2D eigenvalue weighted by Crippen LogP contribution is 2.36. The highest BCUT2D eigenvalue weighted by atomic mass is 19.4. The molecule has 3 aromatic heterocycles. The van der Waals surface area contributed by atoms with Gasteiger partial charge < -0.3 is 0 Å². The summed E-state index contributed by atoms with van der Waals surface area (Å²) >= 11 is 0. The number of alkyl halides is 3. The molecule has 0 aromatic carbocycles. The number of hydrogen-bond acceptors (Lipinski definition) is 3. The van der Waals surface area contributed by atoms with Gasteiger partial charge in [0.2, 0.25) is 0 Å². The van der Waals surface area contributed by atoms with E-state index in [4.69, 9.17) is 0 Å². The van der Waals surface area contributed by atoms with Gasteiger partial charge in [-0.2, -0.15) is 23.4 Å². The lowest BCUT2D eigenvalue weighted by Gasteiger charge is -2.09. The van der Waals surface area contributed by atoms with Gasteiger partial charge in [0.05, 0.1) is 29.0 Å². The molecule has 0 bridgehead atoms. The van der Waals surface area contributed by atoms with Crippen LogP contribution >= 0.6 is 0 Å². The third kappa shape index (κ3) is 1.93. The number of hydrogen-bond donors (Lipinski definition) is 0. The van der Waals surface area contributed by atoms with Gasteiger partial charge in [0.1, 0.15) is 0 Å². The van der Waals surface area contributed by atoms with E-state index in [9.17, 15) is 13.2 Å². The normalized spacial score (nSPS) is 12.2. The second kappa shape index (κ2) is 4.06. The molecule has 0 fully saturated rings. The lowest BCUT2D eigenvalue weighted by Crippen LogP contribution is -2.07. The Morgan fingerprint density at radius 3 is 2.45 bits per heavy atom. The summed E-state index contributed by atoms with van der Waals surface area (Å²) in [5.41, 5.74) is 0.204. The fourth-order valence-electron chi connectivity index (χ4n) is 2.05. The largest absolute Gasteiger partial charge is 0.417 e. The average Bonchev–Trinajstić information content (AvgIpc) is 2.94. The molecule has 0 aliphatic rings. The summed E-state index contributed by atoms with van der Waals surface area (Å²) in [6.07, 6.45) is -0.186. The summed E-state index contributed by atoms with van der Waals surface area (Å²) < 4.78 is 42.3. The first kappa shape index (κ1) is 12.6. The molecule has 3 rings (SSSR count). The predicted molar refractivity (Wildman–Crippen MR) is 65.7 cm³/mol. The van der Waals surface area contributed by atoms with Gasteiger partial charge in [0.15, 0.2) is 5.65 Å². The topological polar surface area (TPSA) is 48.5 Å². The molecule has 0 saturated carbocycles. The van der Waals surface area contributed by atoms with E-state index < -0.39 is 11.7 Å². The van der Waals surface area contributed by atoms with Crippen LogP contribution in [0, 0.1) is 0 Å². The monoisotopic (exact) mass is 281 g/mol. The molecule has 0 aliphatic carbocycles. The summed E-state index contributed by atoms with van der Waals surface area (Å²) in [7, 11) is 3.25. The number of pyridine rings is 1. The van der Waals surface area contributed by atoms with E-state index >= 15 is 0 Å². The highest BCUT2D eigenvalue weighted by molar-refractivity contribution is 5.82. The molecule has 0 saturated heterocycles. The van der Waals surface area contributed by atoms with Gasteiger partial charge in [-0.3, -0.25) is 9.36 Å². The van der Waals surface area contributed by atoms with Crippen molar-refractivity contribution in [1.29, 1.82) is 0 Å². The Balaban J connectivity index is 2.32. The standard InChI is InChI=1S/C12H10F3N5/c1-19-6-7(4-16-19)10-3-9(12(13,14)15)8-5-17-20(2)11(8)18-10/h3-6H,1-2H3. The van der Waals surface area contributed by atoms with Crippen LogP contribution in [0.25, 0.3) is 22.3 Å². The minimum absolute atomic E-state index is 0.00681. The molecule has 0 unspecified atom stereocenters. The van der Waals surface area contributed by atoms with Crippen LogP contribution in [0.2, 0.25) is 0 Å². The summed E-state index contributed by atoms with van der Waals surface area (Å²) in [6, 6.07) is 1.03. The predicted octanol–water partition coefficient (Wildman–Crippen LogP) is 2.39. The van der Waals surface area contributed by atoms with Crippen LogP contribution in [0.5, 0.6) is 0 Å². The van der Waals surface area contributed by atoms with Crippen molar-refractivity contribution in [3.8, 4) is 11.3 Å². The third-order valence-corrected chi connectivity index (χ3v) is 3.01. The molecule has 5 nitrogen and oxygen atoms in total. The van der Waals surface area contributed by atoms with Gasteiger partial charge in [-0.25, -0.2) is 4.98 Å². The van der Waals surface area contributed by atoms with Crippen LogP contribution in [0.15, 0.2) is 24.7 Å². The first-order valence-electron chi connectivity index (χ1n) is 5.75. The molecule has 104 valence electrons. The Bertz CT molecular complexity index is 784. The number of aromatic nitrogens is 5. The van der Waals surface area contributed by atoms with E-state index in [0.29, 0.717) is 5.56 Å². The summed E-state index contributed by atoms with van der Waals surface area (Å²) in [4.78, 5) is 4.24. The second-order valence-corrected chi connectivity index (χ2v) is 4.46. The Labute approximate surface area is 111 Å². The lowest BCUT2D eigenvalue weighted by molar-refractivity contribution is -0.136. The Hall–Kier alpha value is -2.38. The maximum atomic E-state index is 13.1. The van der Waals surface area contributed by atoms with Crippen molar-refractivity contribution < 1.29 is 13.2 Å². The molecular weight excluding hydrogens is 271 g/mol. The number of aryl methyl sites for hydroxylation is 2. The third-order valence-electron chi connectivity index (χ3n) is 3.01. The molecule has 0 aliphatic heterocycles. The first-order chi connectivity index (χ1) is 9.36. The molecule has 0 atom stereocenters. The smallest absolute Gasteiger partial charge is 0.275 e. The van der Waals surface area contributed by atoms with E-state index in [-0.39, 0.29) is 16.7 Å². The zero-order valence-electron chi connectivity index (χ0n) is 10.7. The molecule has 0 N–H and O–H groups in total. The van der Waals surface area contributed by atoms with Gasteiger partial charge in [-0.05, 0) is 6.07 Å². The molecule has 20 heavy (non-hydrogen) atoms. The molecule has 0 spiro atoms. The van der Waals surface area contributed by atoms with Crippen LogP contribution in [-0.2, 0) is 20.3 Å². The lowest BCUT2D eigenvalue weighted by atomic mass is 10.1. The van der Waals surface area contributed by atoms with E-state index in [2.05, 4.69) is 15.2 Å². The molecule has 8 heteroatoms. The van der Waals surface area contributed by atoms with Crippen LogP contribution in [-0.4, -0.2) is 24.5 Å². The number of nitrogens with zero attached hydrogens (tertiary/aromatic N) is 5. The Morgan fingerprint density at radius 2 is 1.85 bits per heavy atom. The van der Waals surface area contributed by atoms with Gasteiger partial charge in [0.25, 0.3) is 0 Å². The van der Waals surface area contributed by atoms with Gasteiger partial charge >= 0.3 is 6.18 Å². The molecule has 3 aromatic rings. The van der Waals surface area contributed by atoms with E-state index in [1.54, 1.807) is 20.3 Å². The zero-order chi connectivity index (χ0) is 14.5. The summed E-state index contributed by atoms with van der Waals surface area (Å²) in [5.74, 6) is 0. The zero-order valence-corrected chi connectivity index (χ0v) is 10.7. The summed E-state index contributed by atoms with van der Waals surface area (Å²) in [5, 5.41) is 7.78.